The molecular weight excluding hydrogens is 324 g/mol. The van der Waals surface area contributed by atoms with Crippen molar-refractivity contribution in [3.8, 4) is 5.75 Å². The summed E-state index contributed by atoms with van der Waals surface area (Å²) in [6, 6.07) is 5.74. The third-order valence-corrected chi connectivity index (χ3v) is 5.04. The number of amides is 1. The summed E-state index contributed by atoms with van der Waals surface area (Å²) in [5.74, 6) is 1.58. The zero-order chi connectivity index (χ0) is 16.5. The van der Waals surface area contributed by atoms with Gasteiger partial charge in [0.1, 0.15) is 17.1 Å². The van der Waals surface area contributed by atoms with Crippen LogP contribution in [0.5, 0.6) is 5.75 Å². The Labute approximate surface area is 143 Å². The van der Waals surface area contributed by atoms with E-state index in [1.807, 2.05) is 30.5 Å². The third kappa shape index (κ3) is 3.01. The number of ether oxygens (including phenoxy) is 1. The molecule has 1 N–H and O–H groups in total. The Morgan fingerprint density at radius 2 is 2.25 bits per heavy atom. The third-order valence-electron chi connectivity index (χ3n) is 4.16. The van der Waals surface area contributed by atoms with Crippen LogP contribution in [0, 0.1) is 6.92 Å². The van der Waals surface area contributed by atoms with E-state index in [0.29, 0.717) is 10.9 Å². The minimum Gasteiger partial charge on any atom is -0.484 e. The van der Waals surface area contributed by atoms with E-state index in [1.165, 1.54) is 29.7 Å². The molecule has 0 saturated carbocycles. The molecule has 124 valence electrons. The second kappa shape index (κ2) is 6.28. The first-order chi connectivity index (χ1) is 11.7. The molecule has 0 fully saturated rings. The minimum absolute atomic E-state index is 0.0375. The van der Waals surface area contributed by atoms with Crippen molar-refractivity contribution in [1.29, 1.82) is 0 Å². The molecule has 0 bridgehead atoms. The number of carbonyl (C=O) groups excluding carboxylic acids is 1. The molecule has 6 heteroatoms. The van der Waals surface area contributed by atoms with Crippen molar-refractivity contribution in [2.45, 2.75) is 32.6 Å². The van der Waals surface area contributed by atoms with Crippen molar-refractivity contribution in [1.82, 2.24) is 4.98 Å². The van der Waals surface area contributed by atoms with Crippen LogP contribution in [0.25, 0.3) is 11.0 Å². The number of thiazole rings is 1. The van der Waals surface area contributed by atoms with Gasteiger partial charge >= 0.3 is 0 Å². The predicted molar refractivity (Wildman–Crippen MR) is 93.8 cm³/mol. The number of fused-ring (bicyclic) bond motifs is 3. The normalized spacial score (nSPS) is 13.7. The molecule has 3 aromatic rings. The molecule has 2 aromatic heterocycles. The molecule has 1 aliphatic rings. The molecule has 1 aromatic carbocycles. The fourth-order valence-electron chi connectivity index (χ4n) is 3.05. The maximum atomic E-state index is 12.0. The highest BCUT2D eigenvalue weighted by molar-refractivity contribution is 7.13. The van der Waals surface area contributed by atoms with Gasteiger partial charge in [0.25, 0.3) is 5.91 Å². The Morgan fingerprint density at radius 1 is 1.38 bits per heavy atom. The number of aromatic nitrogens is 1. The SMILES string of the molecule is Cc1csc(NC(=O)COc2ccc3oc4c(c3c2)CCCC4)n1. The number of aryl methyl sites for hydroxylation is 3. The summed E-state index contributed by atoms with van der Waals surface area (Å²) in [4.78, 5) is 16.2. The quantitative estimate of drug-likeness (QED) is 0.775. The first-order valence-electron chi connectivity index (χ1n) is 8.08. The summed E-state index contributed by atoms with van der Waals surface area (Å²) in [6.45, 7) is 1.85. The van der Waals surface area contributed by atoms with Gasteiger partial charge in [0.05, 0.1) is 5.69 Å². The van der Waals surface area contributed by atoms with Crippen molar-refractivity contribution in [3.63, 3.8) is 0 Å². The standard InChI is InChI=1S/C18H18N2O3S/c1-11-10-24-18(19-11)20-17(21)9-22-12-6-7-16-14(8-12)13-4-2-3-5-15(13)23-16/h6-8,10H,2-5,9H2,1H3,(H,19,20,21). The topological polar surface area (TPSA) is 64.4 Å². The molecule has 0 aliphatic heterocycles. The summed E-state index contributed by atoms with van der Waals surface area (Å²) in [7, 11) is 0. The van der Waals surface area contributed by atoms with Crippen LogP contribution in [0.2, 0.25) is 0 Å². The highest BCUT2D eigenvalue weighted by Crippen LogP contribution is 2.33. The Morgan fingerprint density at radius 3 is 3.08 bits per heavy atom. The van der Waals surface area contributed by atoms with Gasteiger partial charge in [-0.25, -0.2) is 4.98 Å². The zero-order valence-electron chi connectivity index (χ0n) is 13.4. The van der Waals surface area contributed by atoms with Crippen LogP contribution in [0.3, 0.4) is 0 Å². The summed E-state index contributed by atoms with van der Waals surface area (Å²) in [6.07, 6.45) is 4.44. The van der Waals surface area contributed by atoms with E-state index in [2.05, 4.69) is 10.3 Å². The van der Waals surface area contributed by atoms with Gasteiger partial charge in [-0.15, -0.1) is 11.3 Å². The van der Waals surface area contributed by atoms with E-state index < -0.39 is 0 Å². The zero-order valence-corrected chi connectivity index (χ0v) is 14.2. The lowest BCUT2D eigenvalue weighted by atomic mass is 9.96. The fraction of sp³-hybridized carbons (Fsp3) is 0.333. The van der Waals surface area contributed by atoms with Crippen molar-refractivity contribution in [3.05, 3.63) is 40.6 Å². The maximum Gasteiger partial charge on any atom is 0.264 e. The number of anilines is 1. The number of hydrogen-bond donors (Lipinski definition) is 1. The number of hydrogen-bond acceptors (Lipinski definition) is 5. The van der Waals surface area contributed by atoms with Gasteiger partial charge in [0.2, 0.25) is 0 Å². The Bertz CT molecular complexity index is 897. The lowest BCUT2D eigenvalue weighted by Crippen LogP contribution is -2.20. The molecule has 24 heavy (non-hydrogen) atoms. The van der Waals surface area contributed by atoms with E-state index in [-0.39, 0.29) is 12.5 Å². The van der Waals surface area contributed by atoms with Crippen molar-refractivity contribution < 1.29 is 13.9 Å². The van der Waals surface area contributed by atoms with Gasteiger partial charge in [0.15, 0.2) is 11.7 Å². The Kier molecular flexibility index (Phi) is 3.98. The summed E-state index contributed by atoms with van der Waals surface area (Å²) in [5.41, 5.74) is 3.09. The molecule has 0 radical (unpaired) electrons. The molecule has 0 unspecified atom stereocenters. The van der Waals surface area contributed by atoms with Gasteiger partial charge in [-0.05, 0) is 44.4 Å². The minimum atomic E-state index is -0.210. The van der Waals surface area contributed by atoms with Crippen molar-refractivity contribution in [2.75, 3.05) is 11.9 Å². The highest BCUT2D eigenvalue weighted by Gasteiger charge is 2.18. The van der Waals surface area contributed by atoms with Crippen LogP contribution in [-0.4, -0.2) is 17.5 Å². The van der Waals surface area contributed by atoms with Crippen LogP contribution in [0.1, 0.15) is 29.9 Å². The van der Waals surface area contributed by atoms with Crippen molar-refractivity contribution in [2.24, 2.45) is 0 Å². The predicted octanol–water partition coefficient (Wildman–Crippen LogP) is 4.09. The lowest BCUT2D eigenvalue weighted by Gasteiger charge is -2.09. The average Bonchev–Trinajstić information content (AvgIpc) is 3.16. The van der Waals surface area contributed by atoms with Crippen molar-refractivity contribution >= 4 is 33.3 Å². The van der Waals surface area contributed by atoms with Crippen LogP contribution >= 0.6 is 11.3 Å². The summed E-state index contributed by atoms with van der Waals surface area (Å²) < 4.78 is 11.5. The molecule has 1 aliphatic carbocycles. The molecule has 1 amide bonds. The van der Waals surface area contributed by atoms with E-state index in [0.717, 1.165) is 35.3 Å². The Hall–Kier alpha value is -2.34. The lowest BCUT2D eigenvalue weighted by molar-refractivity contribution is -0.118. The molecule has 0 atom stereocenters. The van der Waals surface area contributed by atoms with Gasteiger partial charge in [-0.2, -0.15) is 0 Å². The van der Waals surface area contributed by atoms with Crippen LogP contribution < -0.4 is 10.1 Å². The maximum absolute atomic E-state index is 12.0. The molecule has 5 nitrogen and oxygen atoms in total. The first kappa shape index (κ1) is 15.2. The summed E-state index contributed by atoms with van der Waals surface area (Å²) in [5, 5.41) is 6.34. The monoisotopic (exact) mass is 342 g/mol. The number of benzene rings is 1. The largest absolute Gasteiger partial charge is 0.484 e. The number of nitrogens with zero attached hydrogens (tertiary/aromatic N) is 1. The van der Waals surface area contributed by atoms with Gasteiger partial charge in [-0.1, -0.05) is 0 Å². The number of carbonyl (C=O) groups is 1. The van der Waals surface area contributed by atoms with E-state index in [4.69, 9.17) is 9.15 Å². The van der Waals surface area contributed by atoms with E-state index in [9.17, 15) is 4.79 Å². The van der Waals surface area contributed by atoms with Gasteiger partial charge in [-0.3, -0.25) is 10.1 Å². The van der Waals surface area contributed by atoms with Crippen LogP contribution in [0.4, 0.5) is 5.13 Å². The van der Waals surface area contributed by atoms with Crippen LogP contribution in [-0.2, 0) is 17.6 Å². The second-order valence-corrected chi connectivity index (χ2v) is 6.86. The van der Waals surface area contributed by atoms with Gasteiger partial charge in [0, 0.05) is 22.8 Å². The molecule has 0 spiro atoms. The smallest absolute Gasteiger partial charge is 0.264 e. The molecule has 0 saturated heterocycles. The number of nitrogens with one attached hydrogen (secondary N) is 1. The van der Waals surface area contributed by atoms with E-state index >= 15 is 0 Å². The van der Waals surface area contributed by atoms with E-state index in [1.54, 1.807) is 0 Å². The Balaban J connectivity index is 1.45. The average molecular weight is 342 g/mol. The molecule has 4 rings (SSSR count). The summed E-state index contributed by atoms with van der Waals surface area (Å²) >= 11 is 1.41. The molecule has 2 heterocycles. The van der Waals surface area contributed by atoms with Gasteiger partial charge < -0.3 is 9.15 Å². The van der Waals surface area contributed by atoms with Crippen LogP contribution in [0.15, 0.2) is 28.0 Å². The number of rotatable bonds is 4. The first-order valence-corrected chi connectivity index (χ1v) is 8.96. The fourth-order valence-corrected chi connectivity index (χ4v) is 3.75. The second-order valence-electron chi connectivity index (χ2n) is 6.00. The number of furan rings is 1. The molecular formula is C18H18N2O3S. The highest BCUT2D eigenvalue weighted by atomic mass is 32.1.